The first-order valence-electron chi connectivity index (χ1n) is 10.2. The highest BCUT2D eigenvalue weighted by Gasteiger charge is 2.31. The lowest BCUT2D eigenvalue weighted by Crippen LogP contribution is -2.41. The average Bonchev–Trinajstić information content (AvgIpc) is 3.10. The second-order valence-electron chi connectivity index (χ2n) is 7.60. The molecule has 2 aliphatic rings. The Hall–Kier alpha value is -2.15. The number of aromatic nitrogens is 2. The number of hydrogen-bond donors (Lipinski definition) is 1. The van der Waals surface area contributed by atoms with Gasteiger partial charge in [-0.1, -0.05) is 29.8 Å². The third kappa shape index (κ3) is 4.55. The number of morpholine rings is 1. The van der Waals surface area contributed by atoms with Gasteiger partial charge in [0.2, 0.25) is 0 Å². The van der Waals surface area contributed by atoms with Crippen molar-refractivity contribution >= 4 is 17.5 Å². The summed E-state index contributed by atoms with van der Waals surface area (Å²) in [7, 11) is 0. The van der Waals surface area contributed by atoms with Gasteiger partial charge in [-0.05, 0) is 37.0 Å². The molecule has 29 heavy (non-hydrogen) atoms. The molecule has 6 nitrogen and oxygen atoms in total. The fourth-order valence-corrected chi connectivity index (χ4v) is 4.35. The minimum Gasteiger partial charge on any atom is -0.378 e. The normalized spacial score (nSPS) is 19.1. The lowest BCUT2D eigenvalue weighted by atomic mass is 9.91. The van der Waals surface area contributed by atoms with Crippen molar-refractivity contribution in [2.24, 2.45) is 0 Å². The number of amides is 1. The van der Waals surface area contributed by atoms with Gasteiger partial charge in [0, 0.05) is 42.0 Å². The maximum absolute atomic E-state index is 13.1. The summed E-state index contributed by atoms with van der Waals surface area (Å²) in [4.78, 5) is 15.0. The third-order valence-electron chi connectivity index (χ3n) is 5.63. The van der Waals surface area contributed by atoms with Crippen molar-refractivity contribution < 1.29 is 9.53 Å². The van der Waals surface area contributed by atoms with Crippen molar-refractivity contribution in [2.75, 3.05) is 26.3 Å². The second-order valence-corrected chi connectivity index (χ2v) is 8.04. The van der Waals surface area contributed by atoms with Gasteiger partial charge in [0.1, 0.15) is 0 Å². The molecular formula is C22H27ClN4O2. The fourth-order valence-electron chi connectivity index (χ4n) is 4.13. The Bertz CT molecular complexity index is 889. The summed E-state index contributed by atoms with van der Waals surface area (Å²) in [6, 6.07) is 8.21. The first-order chi connectivity index (χ1) is 14.2. The molecule has 7 heteroatoms. The van der Waals surface area contributed by atoms with E-state index in [2.05, 4.69) is 23.1 Å². The van der Waals surface area contributed by atoms with Crippen LogP contribution in [0.15, 0.2) is 36.9 Å². The number of ether oxygens (including phenoxy) is 1. The zero-order valence-corrected chi connectivity index (χ0v) is 17.3. The largest absolute Gasteiger partial charge is 0.378 e. The van der Waals surface area contributed by atoms with E-state index in [9.17, 15) is 4.79 Å². The predicted molar refractivity (Wildman–Crippen MR) is 113 cm³/mol. The number of nitrogens with zero attached hydrogens (tertiary/aromatic N) is 3. The highest BCUT2D eigenvalue weighted by molar-refractivity contribution is 6.30. The van der Waals surface area contributed by atoms with Gasteiger partial charge in [0.05, 0.1) is 19.8 Å². The molecule has 1 atom stereocenters. The van der Waals surface area contributed by atoms with Crippen LogP contribution in [0.2, 0.25) is 5.02 Å². The second kappa shape index (κ2) is 9.11. The van der Waals surface area contributed by atoms with Crippen LogP contribution in [0.3, 0.4) is 0 Å². The average molecular weight is 415 g/mol. The topological polar surface area (TPSA) is 59.4 Å². The van der Waals surface area contributed by atoms with Crippen molar-refractivity contribution in [3.63, 3.8) is 0 Å². The Balaban J connectivity index is 1.52. The maximum Gasteiger partial charge on any atom is 0.274 e. The number of fused-ring (bicyclic) bond motifs is 1. The van der Waals surface area contributed by atoms with Crippen molar-refractivity contribution in [3.8, 4) is 0 Å². The maximum atomic E-state index is 13.1. The highest BCUT2D eigenvalue weighted by atomic mass is 35.5. The van der Waals surface area contributed by atoms with Gasteiger partial charge in [-0.2, -0.15) is 5.10 Å². The first-order valence-corrected chi connectivity index (χ1v) is 10.6. The van der Waals surface area contributed by atoms with E-state index in [1.54, 1.807) is 0 Å². The van der Waals surface area contributed by atoms with Crippen LogP contribution in [0.25, 0.3) is 0 Å². The number of allylic oxidation sites excluding steroid dienone is 1. The van der Waals surface area contributed by atoms with E-state index in [0.717, 1.165) is 42.0 Å². The van der Waals surface area contributed by atoms with Gasteiger partial charge in [-0.3, -0.25) is 9.48 Å². The molecule has 0 spiro atoms. The summed E-state index contributed by atoms with van der Waals surface area (Å²) in [5.41, 5.74) is 4.01. The van der Waals surface area contributed by atoms with Crippen molar-refractivity contribution in [3.05, 3.63) is 64.5 Å². The Morgan fingerprint density at radius 3 is 2.97 bits per heavy atom. The molecule has 1 saturated heterocycles. The summed E-state index contributed by atoms with van der Waals surface area (Å²) in [5, 5.41) is 9.07. The molecule has 0 saturated carbocycles. The van der Waals surface area contributed by atoms with Gasteiger partial charge < -0.3 is 15.0 Å². The summed E-state index contributed by atoms with van der Waals surface area (Å²) in [6.45, 7) is 7.64. The van der Waals surface area contributed by atoms with E-state index < -0.39 is 0 Å². The van der Waals surface area contributed by atoms with E-state index in [4.69, 9.17) is 16.3 Å². The minimum atomic E-state index is 0.0165. The van der Waals surface area contributed by atoms with Crippen LogP contribution in [-0.2, 0) is 30.7 Å². The Morgan fingerprint density at radius 2 is 2.21 bits per heavy atom. The molecule has 1 fully saturated rings. The van der Waals surface area contributed by atoms with Gasteiger partial charge >= 0.3 is 0 Å². The van der Waals surface area contributed by atoms with Gasteiger partial charge in [-0.15, -0.1) is 6.58 Å². The molecule has 1 aromatic carbocycles. The molecule has 1 aromatic heterocycles. The smallest absolute Gasteiger partial charge is 0.274 e. The van der Waals surface area contributed by atoms with E-state index in [1.165, 1.54) is 5.69 Å². The molecular weight excluding hydrogens is 388 g/mol. The quantitative estimate of drug-likeness (QED) is 0.738. The number of rotatable bonds is 6. The molecule has 1 amide bonds. The van der Waals surface area contributed by atoms with E-state index in [0.29, 0.717) is 44.6 Å². The predicted octanol–water partition coefficient (Wildman–Crippen LogP) is 2.84. The Labute approximate surface area is 176 Å². The van der Waals surface area contributed by atoms with Crippen LogP contribution in [-0.4, -0.2) is 52.9 Å². The van der Waals surface area contributed by atoms with E-state index in [1.807, 2.05) is 33.9 Å². The van der Waals surface area contributed by atoms with Crippen molar-refractivity contribution in [1.29, 1.82) is 0 Å². The summed E-state index contributed by atoms with van der Waals surface area (Å²) < 4.78 is 7.34. The standard InChI is InChI=1S/C22H27ClN4O2/c1-2-8-27-20-7-6-18(24-15-16-4-3-5-17(23)13-16)14-19(20)21(25-27)22(28)26-9-11-29-12-10-26/h2-5,13,18,24H,1,6-12,14-15H2. The van der Waals surface area contributed by atoms with Crippen LogP contribution in [0.1, 0.15) is 33.7 Å². The van der Waals surface area contributed by atoms with Gasteiger partial charge in [-0.25, -0.2) is 0 Å². The van der Waals surface area contributed by atoms with Crippen molar-refractivity contribution in [2.45, 2.75) is 38.4 Å². The van der Waals surface area contributed by atoms with Crippen LogP contribution in [0.5, 0.6) is 0 Å². The lowest BCUT2D eigenvalue weighted by molar-refractivity contribution is 0.0297. The number of carbonyl (C=O) groups excluding carboxylic acids is 1. The molecule has 154 valence electrons. The molecule has 2 aromatic rings. The zero-order valence-electron chi connectivity index (χ0n) is 16.6. The van der Waals surface area contributed by atoms with Crippen LogP contribution in [0, 0.1) is 0 Å². The molecule has 1 N–H and O–H groups in total. The Kier molecular flexibility index (Phi) is 6.33. The van der Waals surface area contributed by atoms with E-state index in [-0.39, 0.29) is 5.91 Å². The zero-order chi connectivity index (χ0) is 20.2. The monoisotopic (exact) mass is 414 g/mol. The number of benzene rings is 1. The molecule has 0 radical (unpaired) electrons. The Morgan fingerprint density at radius 1 is 1.38 bits per heavy atom. The number of hydrogen-bond acceptors (Lipinski definition) is 4. The van der Waals surface area contributed by atoms with Crippen molar-refractivity contribution in [1.82, 2.24) is 20.0 Å². The van der Waals surface area contributed by atoms with Crippen LogP contribution >= 0.6 is 11.6 Å². The lowest BCUT2D eigenvalue weighted by Gasteiger charge is -2.28. The highest BCUT2D eigenvalue weighted by Crippen LogP contribution is 2.26. The third-order valence-corrected chi connectivity index (χ3v) is 5.87. The minimum absolute atomic E-state index is 0.0165. The summed E-state index contributed by atoms with van der Waals surface area (Å²) in [6.07, 6.45) is 4.56. The summed E-state index contributed by atoms with van der Waals surface area (Å²) in [5.74, 6) is 0.0165. The number of halogens is 1. The number of carbonyl (C=O) groups is 1. The molecule has 1 aliphatic heterocycles. The molecule has 0 bridgehead atoms. The van der Waals surface area contributed by atoms with Gasteiger partial charge in [0.15, 0.2) is 5.69 Å². The van der Waals surface area contributed by atoms with Crippen LogP contribution < -0.4 is 5.32 Å². The number of nitrogens with one attached hydrogen (secondary N) is 1. The first kappa shape index (κ1) is 20.1. The molecule has 1 unspecified atom stereocenters. The molecule has 4 rings (SSSR count). The molecule has 1 aliphatic carbocycles. The van der Waals surface area contributed by atoms with Crippen LogP contribution in [0.4, 0.5) is 0 Å². The van der Waals surface area contributed by atoms with E-state index >= 15 is 0 Å². The SMILES string of the molecule is C=CCn1nc(C(=O)N2CCOCC2)c2c1CCC(NCc1cccc(Cl)c1)C2. The van der Waals surface area contributed by atoms with Gasteiger partial charge in [0.25, 0.3) is 5.91 Å². The fraction of sp³-hybridized carbons (Fsp3) is 0.455. The summed E-state index contributed by atoms with van der Waals surface area (Å²) >= 11 is 6.10. The molecule has 2 heterocycles.